The highest BCUT2D eigenvalue weighted by Gasteiger charge is 2.27. The van der Waals surface area contributed by atoms with Crippen molar-refractivity contribution in [3.8, 4) is 0 Å². The van der Waals surface area contributed by atoms with E-state index in [0.29, 0.717) is 9.81 Å². The van der Waals surface area contributed by atoms with Gasteiger partial charge in [-0.05, 0) is 31.4 Å². The maximum atomic E-state index is 11.6. The maximum Gasteiger partial charge on any atom is 0.198 e. The average molecular weight is 186 g/mol. The van der Waals surface area contributed by atoms with Crippen molar-refractivity contribution in [2.45, 2.75) is 27.2 Å². The summed E-state index contributed by atoms with van der Waals surface area (Å²) in [6.07, 6.45) is 4.27. The van der Waals surface area contributed by atoms with Gasteiger partial charge in [0.1, 0.15) is 0 Å². The second-order valence-corrected chi connectivity index (χ2v) is 5.28. The van der Waals surface area contributed by atoms with Crippen LogP contribution in [0.15, 0.2) is 22.0 Å². The molecule has 0 saturated heterocycles. The molecule has 0 aromatic heterocycles. The monoisotopic (exact) mass is 186 g/mol. The summed E-state index contributed by atoms with van der Waals surface area (Å²) in [5.74, 6) is 0.142. The maximum absolute atomic E-state index is 11.6. The molecule has 12 heavy (non-hydrogen) atoms. The molecule has 1 aliphatic heterocycles. The zero-order chi connectivity index (χ0) is 9.35. The number of sulfone groups is 1. The fourth-order valence-electron chi connectivity index (χ4n) is 1.19. The molecule has 1 aliphatic rings. The Balaban J connectivity index is 3.03. The smallest absolute Gasteiger partial charge is 0.198 e. The van der Waals surface area contributed by atoms with Crippen LogP contribution in [0.2, 0.25) is 0 Å². The lowest BCUT2D eigenvalue weighted by atomic mass is 10.1. The first-order valence-electron chi connectivity index (χ1n) is 4.13. The summed E-state index contributed by atoms with van der Waals surface area (Å²) in [4.78, 5) is 1.04. The Kier molecular flexibility index (Phi) is 2.42. The van der Waals surface area contributed by atoms with Crippen LogP contribution < -0.4 is 0 Å². The van der Waals surface area contributed by atoms with Crippen LogP contribution in [0.4, 0.5) is 0 Å². The standard InChI is InChI=1S/C9H14O2S/c1-4-7(2)9-6-5-8(3)12(9,10)11/h5-7H,4H2,1-3H3. The summed E-state index contributed by atoms with van der Waals surface area (Å²) < 4.78 is 23.1. The van der Waals surface area contributed by atoms with Gasteiger partial charge in [0.25, 0.3) is 0 Å². The van der Waals surface area contributed by atoms with E-state index in [0.717, 1.165) is 6.42 Å². The largest absolute Gasteiger partial charge is 0.219 e. The van der Waals surface area contributed by atoms with Crippen LogP contribution in [0.25, 0.3) is 0 Å². The number of hydrogen-bond acceptors (Lipinski definition) is 2. The van der Waals surface area contributed by atoms with Gasteiger partial charge in [-0.2, -0.15) is 0 Å². The molecule has 1 unspecified atom stereocenters. The third-order valence-electron chi connectivity index (χ3n) is 2.31. The molecule has 1 atom stereocenters. The van der Waals surface area contributed by atoms with Crippen molar-refractivity contribution in [3.05, 3.63) is 22.0 Å². The third-order valence-corrected chi connectivity index (χ3v) is 4.46. The van der Waals surface area contributed by atoms with E-state index in [1.165, 1.54) is 0 Å². The highest BCUT2D eigenvalue weighted by atomic mass is 32.2. The van der Waals surface area contributed by atoms with Crippen molar-refractivity contribution in [2.75, 3.05) is 0 Å². The summed E-state index contributed by atoms with van der Waals surface area (Å²) in [6, 6.07) is 0. The SMILES string of the molecule is CCC(C)C1=CC=C(C)S1(=O)=O. The average Bonchev–Trinajstić information content (AvgIpc) is 2.27. The quantitative estimate of drug-likeness (QED) is 0.662. The number of rotatable bonds is 2. The Bertz CT molecular complexity index is 334. The Morgan fingerprint density at radius 3 is 2.33 bits per heavy atom. The molecule has 0 radical (unpaired) electrons. The Morgan fingerprint density at radius 1 is 1.42 bits per heavy atom. The topological polar surface area (TPSA) is 34.1 Å². The van der Waals surface area contributed by atoms with Crippen molar-refractivity contribution < 1.29 is 8.42 Å². The molecule has 0 saturated carbocycles. The zero-order valence-corrected chi connectivity index (χ0v) is 8.48. The van der Waals surface area contributed by atoms with Gasteiger partial charge in [-0.1, -0.05) is 13.8 Å². The summed E-state index contributed by atoms with van der Waals surface area (Å²) in [5.41, 5.74) is 0. The second-order valence-electron chi connectivity index (χ2n) is 3.16. The van der Waals surface area contributed by atoms with Crippen LogP contribution >= 0.6 is 0 Å². The molecule has 3 heteroatoms. The highest BCUT2D eigenvalue weighted by molar-refractivity contribution is 7.99. The number of hydrogen-bond donors (Lipinski definition) is 0. The van der Waals surface area contributed by atoms with E-state index in [2.05, 4.69) is 0 Å². The van der Waals surface area contributed by atoms with E-state index in [1.807, 2.05) is 13.8 Å². The van der Waals surface area contributed by atoms with Crippen molar-refractivity contribution in [1.82, 2.24) is 0 Å². The molecule has 0 amide bonds. The molecule has 1 rings (SSSR count). The minimum Gasteiger partial charge on any atom is -0.219 e. The van der Waals surface area contributed by atoms with Gasteiger partial charge < -0.3 is 0 Å². The van der Waals surface area contributed by atoms with E-state index in [4.69, 9.17) is 0 Å². The lowest BCUT2D eigenvalue weighted by molar-refractivity contribution is 0.594. The summed E-state index contributed by atoms with van der Waals surface area (Å²) in [5, 5.41) is 0. The van der Waals surface area contributed by atoms with Crippen LogP contribution in [0.1, 0.15) is 27.2 Å². The van der Waals surface area contributed by atoms with Crippen molar-refractivity contribution in [3.63, 3.8) is 0 Å². The molecule has 2 nitrogen and oxygen atoms in total. The molecule has 0 aromatic rings. The summed E-state index contributed by atoms with van der Waals surface area (Å²) >= 11 is 0. The highest BCUT2D eigenvalue weighted by Crippen LogP contribution is 2.30. The first-order valence-corrected chi connectivity index (χ1v) is 5.62. The van der Waals surface area contributed by atoms with Crippen LogP contribution in [0.3, 0.4) is 0 Å². The lowest BCUT2D eigenvalue weighted by Gasteiger charge is -2.10. The molecule has 0 fully saturated rings. The zero-order valence-electron chi connectivity index (χ0n) is 7.66. The molecule has 0 spiro atoms. The molecule has 0 aromatic carbocycles. The van der Waals surface area contributed by atoms with Gasteiger partial charge in [-0.15, -0.1) is 0 Å². The molecule has 68 valence electrons. The minimum absolute atomic E-state index is 0.142. The minimum atomic E-state index is -3.05. The van der Waals surface area contributed by atoms with Gasteiger partial charge in [-0.25, -0.2) is 8.42 Å². The van der Waals surface area contributed by atoms with E-state index in [1.54, 1.807) is 19.1 Å². The molecular formula is C9H14O2S. The lowest BCUT2D eigenvalue weighted by Crippen LogP contribution is -2.08. The predicted molar refractivity (Wildman–Crippen MR) is 50.2 cm³/mol. The van der Waals surface area contributed by atoms with E-state index < -0.39 is 9.84 Å². The predicted octanol–water partition coefficient (Wildman–Crippen LogP) is 2.25. The summed E-state index contributed by atoms with van der Waals surface area (Å²) in [6.45, 7) is 5.58. The van der Waals surface area contributed by atoms with Crippen LogP contribution in [-0.2, 0) is 9.84 Å². The third kappa shape index (κ3) is 1.33. The first-order chi connectivity index (χ1) is 5.50. The van der Waals surface area contributed by atoms with E-state index in [-0.39, 0.29) is 5.92 Å². The van der Waals surface area contributed by atoms with Crippen LogP contribution in [0.5, 0.6) is 0 Å². The van der Waals surface area contributed by atoms with Crippen LogP contribution in [0, 0.1) is 5.92 Å². The fourth-order valence-corrected chi connectivity index (χ4v) is 2.76. The van der Waals surface area contributed by atoms with E-state index >= 15 is 0 Å². The summed E-state index contributed by atoms with van der Waals surface area (Å²) in [7, 11) is -3.05. The molecule has 1 heterocycles. The van der Waals surface area contributed by atoms with Gasteiger partial charge in [0.15, 0.2) is 9.84 Å². The Morgan fingerprint density at radius 2 is 2.00 bits per heavy atom. The molecule has 0 N–H and O–H groups in total. The Hall–Kier alpha value is -0.570. The van der Waals surface area contributed by atoms with Gasteiger partial charge in [0, 0.05) is 4.91 Å². The molecular weight excluding hydrogens is 172 g/mol. The fraction of sp³-hybridized carbons (Fsp3) is 0.556. The Labute approximate surface area is 73.9 Å². The van der Waals surface area contributed by atoms with Gasteiger partial charge in [-0.3, -0.25) is 0 Å². The van der Waals surface area contributed by atoms with E-state index in [9.17, 15) is 8.42 Å². The first kappa shape index (κ1) is 9.52. The van der Waals surface area contributed by atoms with Crippen molar-refractivity contribution >= 4 is 9.84 Å². The van der Waals surface area contributed by atoms with Gasteiger partial charge in [0.2, 0.25) is 0 Å². The number of allylic oxidation sites excluding steroid dienone is 4. The van der Waals surface area contributed by atoms with Gasteiger partial charge in [0.05, 0.1) is 4.91 Å². The van der Waals surface area contributed by atoms with Crippen molar-refractivity contribution in [2.24, 2.45) is 5.92 Å². The molecule has 0 bridgehead atoms. The second kappa shape index (κ2) is 3.05. The molecule has 0 aliphatic carbocycles. The van der Waals surface area contributed by atoms with Gasteiger partial charge >= 0.3 is 0 Å². The van der Waals surface area contributed by atoms with Crippen LogP contribution in [-0.4, -0.2) is 8.42 Å². The van der Waals surface area contributed by atoms with Crippen molar-refractivity contribution in [1.29, 1.82) is 0 Å². The normalized spacial score (nSPS) is 23.2.